The zero-order valence-electron chi connectivity index (χ0n) is 15.9. The van der Waals surface area contributed by atoms with Gasteiger partial charge >= 0.3 is 0 Å². The number of thioether (sulfide) groups is 1. The van der Waals surface area contributed by atoms with Crippen molar-refractivity contribution in [2.75, 3.05) is 11.1 Å². The molecule has 0 fully saturated rings. The van der Waals surface area contributed by atoms with Crippen LogP contribution < -0.4 is 15.8 Å². The Bertz CT molecular complexity index is 1140. The van der Waals surface area contributed by atoms with Gasteiger partial charge in [0.2, 0.25) is 11.8 Å². The van der Waals surface area contributed by atoms with Gasteiger partial charge < -0.3 is 15.8 Å². The van der Waals surface area contributed by atoms with Crippen molar-refractivity contribution in [1.29, 1.82) is 0 Å². The first-order chi connectivity index (χ1) is 14.8. The third kappa shape index (κ3) is 5.97. The van der Waals surface area contributed by atoms with Crippen LogP contribution in [0.5, 0.6) is 11.5 Å². The Hall–Kier alpha value is -3.56. The van der Waals surface area contributed by atoms with E-state index < -0.39 is 10.8 Å². The number of primary amides is 1. The topological polar surface area (TPSA) is 125 Å². The molecule has 3 aromatic carbocycles. The van der Waals surface area contributed by atoms with Crippen LogP contribution in [0, 0.1) is 10.1 Å². The predicted octanol–water partition coefficient (Wildman–Crippen LogP) is 4.87. The number of hydrogen-bond acceptors (Lipinski definition) is 6. The number of anilines is 1. The largest absolute Gasteiger partial charge is 0.456 e. The van der Waals surface area contributed by atoms with Gasteiger partial charge in [-0.1, -0.05) is 23.7 Å². The number of nitrogens with zero attached hydrogens (tertiary/aromatic N) is 1. The first kappa shape index (κ1) is 22.1. The molecule has 10 heteroatoms. The minimum atomic E-state index is -0.764. The summed E-state index contributed by atoms with van der Waals surface area (Å²) >= 11 is 7.05. The Balaban J connectivity index is 1.59. The third-order valence-electron chi connectivity index (χ3n) is 4.00. The van der Waals surface area contributed by atoms with Crippen molar-refractivity contribution in [3.8, 4) is 11.5 Å². The number of nitrogens with one attached hydrogen (secondary N) is 1. The molecule has 0 atom stereocenters. The molecule has 0 radical (unpaired) electrons. The number of rotatable bonds is 8. The highest BCUT2D eigenvalue weighted by molar-refractivity contribution is 8.00. The zero-order chi connectivity index (χ0) is 22.4. The van der Waals surface area contributed by atoms with E-state index in [1.807, 2.05) is 0 Å². The van der Waals surface area contributed by atoms with Crippen molar-refractivity contribution < 1.29 is 19.2 Å². The van der Waals surface area contributed by atoms with Gasteiger partial charge in [-0.3, -0.25) is 19.7 Å². The average molecular weight is 458 g/mol. The van der Waals surface area contributed by atoms with Crippen LogP contribution in [-0.2, 0) is 4.79 Å². The van der Waals surface area contributed by atoms with Crippen LogP contribution in [0.3, 0.4) is 0 Å². The molecule has 3 rings (SSSR count). The number of carbonyl (C=O) groups is 2. The first-order valence-corrected chi connectivity index (χ1v) is 10.2. The van der Waals surface area contributed by atoms with Gasteiger partial charge in [-0.2, -0.15) is 0 Å². The lowest BCUT2D eigenvalue weighted by Crippen LogP contribution is -2.14. The van der Waals surface area contributed by atoms with Crippen LogP contribution in [0.2, 0.25) is 5.02 Å². The van der Waals surface area contributed by atoms with E-state index in [1.165, 1.54) is 12.1 Å². The fraction of sp³-hybridized carbons (Fsp3) is 0.0476. The van der Waals surface area contributed by atoms with Gasteiger partial charge in [0.05, 0.1) is 20.6 Å². The van der Waals surface area contributed by atoms with Crippen LogP contribution in [-0.4, -0.2) is 22.5 Å². The maximum atomic E-state index is 12.2. The molecule has 0 aliphatic rings. The molecule has 3 N–H and O–H groups in total. The Morgan fingerprint density at radius 3 is 2.45 bits per heavy atom. The number of benzene rings is 3. The number of nitrogens with two attached hydrogens (primary N) is 1. The molecular weight excluding hydrogens is 442 g/mol. The lowest BCUT2D eigenvalue weighted by molar-refractivity contribution is -0.387. The molecule has 2 amide bonds. The molecule has 0 aromatic heterocycles. The molecule has 31 heavy (non-hydrogen) atoms. The van der Waals surface area contributed by atoms with Crippen LogP contribution in [0.1, 0.15) is 10.4 Å². The smallest absolute Gasteiger partial charge is 0.283 e. The van der Waals surface area contributed by atoms with Crippen molar-refractivity contribution in [3.05, 3.63) is 87.4 Å². The minimum absolute atomic E-state index is 0.0274. The summed E-state index contributed by atoms with van der Waals surface area (Å²) in [5, 5.41) is 14.4. The highest BCUT2D eigenvalue weighted by atomic mass is 35.5. The average Bonchev–Trinajstić information content (AvgIpc) is 2.75. The Kier molecular flexibility index (Phi) is 7.11. The fourth-order valence-electron chi connectivity index (χ4n) is 2.54. The molecule has 0 saturated heterocycles. The number of nitro benzene ring substituents is 1. The monoisotopic (exact) mass is 457 g/mol. The minimum Gasteiger partial charge on any atom is -0.456 e. The van der Waals surface area contributed by atoms with Crippen LogP contribution in [0.15, 0.2) is 71.6 Å². The number of ether oxygens (including phenoxy) is 1. The van der Waals surface area contributed by atoms with E-state index in [2.05, 4.69) is 5.32 Å². The summed E-state index contributed by atoms with van der Waals surface area (Å²) in [6.07, 6.45) is 0. The van der Waals surface area contributed by atoms with Crippen LogP contribution >= 0.6 is 23.4 Å². The van der Waals surface area contributed by atoms with Gasteiger partial charge in [0.15, 0.2) is 0 Å². The quantitative estimate of drug-likeness (QED) is 0.282. The normalized spacial score (nSPS) is 10.4. The summed E-state index contributed by atoms with van der Waals surface area (Å²) < 4.78 is 5.69. The molecule has 0 saturated carbocycles. The second-order valence-electron chi connectivity index (χ2n) is 6.20. The van der Waals surface area contributed by atoms with Crippen molar-refractivity contribution >= 4 is 46.6 Å². The van der Waals surface area contributed by atoms with Gasteiger partial charge in [0, 0.05) is 17.3 Å². The molecule has 8 nitrogen and oxygen atoms in total. The van der Waals surface area contributed by atoms with Crippen molar-refractivity contribution in [2.24, 2.45) is 5.73 Å². The molecular formula is C21H16ClN3O5S. The van der Waals surface area contributed by atoms with E-state index in [-0.39, 0.29) is 27.8 Å². The van der Waals surface area contributed by atoms with Crippen LogP contribution in [0.25, 0.3) is 0 Å². The van der Waals surface area contributed by atoms with E-state index >= 15 is 0 Å². The first-order valence-electron chi connectivity index (χ1n) is 8.87. The molecule has 0 unspecified atom stereocenters. The second-order valence-corrected chi connectivity index (χ2v) is 7.62. The molecule has 0 spiro atoms. The molecule has 3 aromatic rings. The number of carbonyl (C=O) groups excluding carboxylic acids is 2. The highest BCUT2D eigenvalue weighted by Gasteiger charge is 2.18. The van der Waals surface area contributed by atoms with Gasteiger partial charge in [-0.25, -0.2) is 0 Å². The molecule has 0 aliphatic heterocycles. The molecule has 158 valence electrons. The van der Waals surface area contributed by atoms with Crippen molar-refractivity contribution in [3.63, 3.8) is 0 Å². The van der Waals surface area contributed by atoms with Crippen LogP contribution in [0.4, 0.5) is 11.4 Å². The van der Waals surface area contributed by atoms with Gasteiger partial charge in [0.25, 0.3) is 5.69 Å². The summed E-state index contributed by atoms with van der Waals surface area (Å²) in [5.41, 5.74) is 5.44. The summed E-state index contributed by atoms with van der Waals surface area (Å²) in [4.78, 5) is 34.3. The second kappa shape index (κ2) is 9.96. The number of para-hydroxylation sites is 1. The number of hydrogen-bond donors (Lipinski definition) is 2. The van der Waals surface area contributed by atoms with E-state index in [0.29, 0.717) is 22.2 Å². The zero-order valence-corrected chi connectivity index (χ0v) is 17.5. The summed E-state index contributed by atoms with van der Waals surface area (Å²) in [6.45, 7) is 0. The summed E-state index contributed by atoms with van der Waals surface area (Å²) in [7, 11) is 0. The number of amides is 2. The Labute approximate surface area is 186 Å². The summed E-state index contributed by atoms with van der Waals surface area (Å²) in [5.74, 6) is -0.112. The third-order valence-corrected chi connectivity index (χ3v) is 5.38. The van der Waals surface area contributed by atoms with Gasteiger partial charge in [-0.05, 0) is 48.5 Å². The molecule has 0 heterocycles. The molecule has 0 aliphatic carbocycles. The Morgan fingerprint density at radius 2 is 1.81 bits per heavy atom. The van der Waals surface area contributed by atoms with Gasteiger partial charge in [-0.15, -0.1) is 11.8 Å². The van der Waals surface area contributed by atoms with Gasteiger partial charge in [0.1, 0.15) is 11.5 Å². The lowest BCUT2D eigenvalue weighted by Gasteiger charge is -2.09. The lowest BCUT2D eigenvalue weighted by atomic mass is 10.2. The van der Waals surface area contributed by atoms with Crippen molar-refractivity contribution in [1.82, 2.24) is 0 Å². The van der Waals surface area contributed by atoms with E-state index in [0.717, 1.165) is 17.8 Å². The maximum Gasteiger partial charge on any atom is 0.283 e. The standard InChI is InChI=1S/C21H16ClN3O5S/c22-16-3-1-2-4-18(16)30-15-8-6-14(7-9-15)24-20(26)12-31-19-10-5-13(21(23)27)11-17(19)25(28)29/h1-11H,12H2,(H2,23,27)(H,24,26). The van der Waals surface area contributed by atoms with E-state index in [9.17, 15) is 19.7 Å². The Morgan fingerprint density at radius 1 is 1.10 bits per heavy atom. The molecule has 0 bridgehead atoms. The SMILES string of the molecule is NC(=O)c1ccc(SCC(=O)Nc2ccc(Oc3ccccc3Cl)cc2)c([N+](=O)[O-])c1. The van der Waals surface area contributed by atoms with E-state index in [4.69, 9.17) is 22.1 Å². The summed E-state index contributed by atoms with van der Waals surface area (Å²) in [6, 6.07) is 17.6. The maximum absolute atomic E-state index is 12.2. The van der Waals surface area contributed by atoms with E-state index in [1.54, 1.807) is 48.5 Å². The predicted molar refractivity (Wildman–Crippen MR) is 119 cm³/mol. The number of halogens is 1. The fourth-order valence-corrected chi connectivity index (χ4v) is 3.52. The highest BCUT2D eigenvalue weighted by Crippen LogP contribution is 2.31. The number of nitro groups is 1. The van der Waals surface area contributed by atoms with Crippen molar-refractivity contribution in [2.45, 2.75) is 4.90 Å².